The van der Waals surface area contributed by atoms with Crippen LogP contribution in [0.4, 0.5) is 5.69 Å². The molecule has 19 heavy (non-hydrogen) atoms. The average molecular weight is 328 g/mol. The Bertz CT molecular complexity index is 379. The topological polar surface area (TPSA) is 44.4 Å². The molecule has 1 aromatic rings. The van der Waals surface area contributed by atoms with Crippen LogP contribution in [0.2, 0.25) is 0 Å². The van der Waals surface area contributed by atoms with E-state index in [0.29, 0.717) is 13.0 Å². The maximum Gasteiger partial charge on any atom is 0.221 e. The molecule has 0 unspecified atom stereocenters. The Morgan fingerprint density at radius 3 is 2.53 bits per heavy atom. The fourth-order valence-electron chi connectivity index (χ4n) is 1.60. The number of nitrogens with zero attached hydrogens (tertiary/aromatic N) is 1. The molecule has 0 aliphatic heterocycles. The van der Waals surface area contributed by atoms with Crippen LogP contribution in [-0.4, -0.2) is 44.5 Å². The van der Waals surface area contributed by atoms with Gasteiger partial charge in [0.2, 0.25) is 5.91 Å². The second kappa shape index (κ2) is 8.93. The maximum absolute atomic E-state index is 11.6. The number of carbonyl (C=O) groups is 1. The van der Waals surface area contributed by atoms with E-state index in [-0.39, 0.29) is 5.91 Å². The molecule has 106 valence electrons. The molecule has 0 fully saturated rings. The molecule has 0 aliphatic rings. The number of carbonyl (C=O) groups excluding carboxylic acids is 1. The van der Waals surface area contributed by atoms with Crippen LogP contribution in [0.15, 0.2) is 28.7 Å². The largest absolute Gasteiger partial charge is 0.385 e. The zero-order chi connectivity index (χ0) is 14.1. The SMILES string of the molecule is CN(C)CCCNC(=O)CCNc1ccc(Br)cc1. The predicted octanol–water partition coefficient (Wildman–Crippen LogP) is 2.32. The molecule has 0 aliphatic carbocycles. The minimum absolute atomic E-state index is 0.100. The van der Waals surface area contributed by atoms with E-state index in [4.69, 9.17) is 0 Å². The van der Waals surface area contributed by atoms with Gasteiger partial charge in [-0.3, -0.25) is 4.79 Å². The molecule has 0 atom stereocenters. The van der Waals surface area contributed by atoms with Gasteiger partial charge >= 0.3 is 0 Å². The number of anilines is 1. The molecule has 0 heterocycles. The summed E-state index contributed by atoms with van der Waals surface area (Å²) in [5.74, 6) is 0.100. The fraction of sp³-hybridized carbons (Fsp3) is 0.500. The summed E-state index contributed by atoms with van der Waals surface area (Å²) in [6.07, 6.45) is 1.48. The van der Waals surface area contributed by atoms with E-state index in [0.717, 1.165) is 29.7 Å². The third-order valence-electron chi connectivity index (χ3n) is 2.63. The zero-order valence-corrected chi connectivity index (χ0v) is 13.2. The number of amides is 1. The number of rotatable bonds is 8. The summed E-state index contributed by atoms with van der Waals surface area (Å²) in [6.45, 7) is 2.40. The fourth-order valence-corrected chi connectivity index (χ4v) is 1.86. The van der Waals surface area contributed by atoms with Crippen molar-refractivity contribution in [2.75, 3.05) is 39.0 Å². The average Bonchev–Trinajstić information content (AvgIpc) is 2.37. The quantitative estimate of drug-likeness (QED) is 0.720. The summed E-state index contributed by atoms with van der Waals surface area (Å²) in [7, 11) is 4.06. The lowest BCUT2D eigenvalue weighted by atomic mass is 10.3. The number of hydrogen-bond donors (Lipinski definition) is 2. The number of halogens is 1. The molecular formula is C14H22BrN3O. The highest BCUT2D eigenvalue weighted by atomic mass is 79.9. The Hall–Kier alpha value is -1.07. The third-order valence-corrected chi connectivity index (χ3v) is 3.16. The van der Waals surface area contributed by atoms with Crippen LogP contribution in [0.25, 0.3) is 0 Å². The Kier molecular flexibility index (Phi) is 7.52. The first-order valence-electron chi connectivity index (χ1n) is 6.49. The second-order valence-corrected chi connectivity index (χ2v) is 5.61. The Labute approximate surface area is 123 Å². The van der Waals surface area contributed by atoms with Crippen molar-refractivity contribution in [2.24, 2.45) is 0 Å². The lowest BCUT2D eigenvalue weighted by Gasteiger charge is -2.10. The van der Waals surface area contributed by atoms with Crippen molar-refractivity contribution in [3.8, 4) is 0 Å². The number of benzene rings is 1. The maximum atomic E-state index is 11.6. The molecule has 2 N–H and O–H groups in total. The van der Waals surface area contributed by atoms with E-state index >= 15 is 0 Å². The molecule has 0 aromatic heterocycles. The van der Waals surface area contributed by atoms with E-state index < -0.39 is 0 Å². The van der Waals surface area contributed by atoms with Crippen LogP contribution >= 0.6 is 15.9 Å². The van der Waals surface area contributed by atoms with Gasteiger partial charge in [-0.2, -0.15) is 0 Å². The Morgan fingerprint density at radius 1 is 1.21 bits per heavy atom. The summed E-state index contributed by atoms with van der Waals surface area (Å²) in [6, 6.07) is 7.92. The monoisotopic (exact) mass is 327 g/mol. The van der Waals surface area contributed by atoms with Gasteiger partial charge in [0.05, 0.1) is 0 Å². The predicted molar refractivity (Wildman–Crippen MR) is 83.4 cm³/mol. The van der Waals surface area contributed by atoms with Gasteiger partial charge in [-0.15, -0.1) is 0 Å². The lowest BCUT2D eigenvalue weighted by Crippen LogP contribution is -2.28. The van der Waals surface area contributed by atoms with Crippen LogP contribution in [0.1, 0.15) is 12.8 Å². The molecule has 0 bridgehead atoms. The highest BCUT2D eigenvalue weighted by Crippen LogP contribution is 2.13. The van der Waals surface area contributed by atoms with Crippen LogP contribution in [0, 0.1) is 0 Å². The van der Waals surface area contributed by atoms with Crippen LogP contribution in [0.5, 0.6) is 0 Å². The van der Waals surface area contributed by atoms with Crippen molar-refractivity contribution in [3.05, 3.63) is 28.7 Å². The second-order valence-electron chi connectivity index (χ2n) is 4.69. The lowest BCUT2D eigenvalue weighted by molar-refractivity contribution is -0.120. The molecule has 4 nitrogen and oxygen atoms in total. The van der Waals surface area contributed by atoms with Gasteiger partial charge in [-0.1, -0.05) is 15.9 Å². The molecule has 1 amide bonds. The third kappa shape index (κ3) is 7.85. The molecular weight excluding hydrogens is 306 g/mol. The molecule has 0 radical (unpaired) electrons. The van der Waals surface area contributed by atoms with Crippen molar-refractivity contribution < 1.29 is 4.79 Å². The molecule has 5 heteroatoms. The molecule has 0 saturated heterocycles. The molecule has 1 rings (SSSR count). The molecule has 0 saturated carbocycles. The van der Waals surface area contributed by atoms with Crippen molar-refractivity contribution in [1.82, 2.24) is 10.2 Å². The smallest absolute Gasteiger partial charge is 0.221 e. The summed E-state index contributed by atoms with van der Waals surface area (Å²) in [4.78, 5) is 13.7. The van der Waals surface area contributed by atoms with Crippen molar-refractivity contribution in [1.29, 1.82) is 0 Å². The van der Waals surface area contributed by atoms with Gasteiger partial charge in [0, 0.05) is 29.7 Å². The van der Waals surface area contributed by atoms with Crippen molar-refractivity contribution in [2.45, 2.75) is 12.8 Å². The van der Waals surface area contributed by atoms with Crippen molar-refractivity contribution in [3.63, 3.8) is 0 Å². The first kappa shape index (κ1) is 16.0. The van der Waals surface area contributed by atoms with E-state index in [9.17, 15) is 4.79 Å². The first-order valence-corrected chi connectivity index (χ1v) is 7.28. The zero-order valence-electron chi connectivity index (χ0n) is 11.6. The molecule has 0 spiro atoms. The van der Waals surface area contributed by atoms with Crippen LogP contribution in [-0.2, 0) is 4.79 Å². The highest BCUT2D eigenvalue weighted by molar-refractivity contribution is 9.10. The summed E-state index contributed by atoms with van der Waals surface area (Å²) in [5, 5.41) is 6.14. The van der Waals surface area contributed by atoms with Gasteiger partial charge in [-0.05, 0) is 51.3 Å². The molecule has 1 aromatic carbocycles. The van der Waals surface area contributed by atoms with Gasteiger partial charge in [-0.25, -0.2) is 0 Å². The van der Waals surface area contributed by atoms with E-state index in [1.165, 1.54) is 0 Å². The number of hydrogen-bond acceptors (Lipinski definition) is 3. The van der Waals surface area contributed by atoms with E-state index in [1.54, 1.807) is 0 Å². The van der Waals surface area contributed by atoms with Gasteiger partial charge < -0.3 is 15.5 Å². The van der Waals surface area contributed by atoms with Crippen molar-refractivity contribution >= 4 is 27.5 Å². The highest BCUT2D eigenvalue weighted by Gasteiger charge is 2.00. The normalized spacial score (nSPS) is 10.5. The van der Waals surface area contributed by atoms with Gasteiger partial charge in [0.15, 0.2) is 0 Å². The van der Waals surface area contributed by atoms with E-state index in [2.05, 4.69) is 31.5 Å². The minimum atomic E-state index is 0.100. The number of nitrogens with one attached hydrogen (secondary N) is 2. The van der Waals surface area contributed by atoms with Gasteiger partial charge in [0.1, 0.15) is 0 Å². The summed E-state index contributed by atoms with van der Waals surface area (Å²) in [5.41, 5.74) is 1.03. The Balaban J connectivity index is 2.08. The van der Waals surface area contributed by atoms with Crippen LogP contribution in [0.3, 0.4) is 0 Å². The standard InChI is InChI=1S/C14H22BrN3O/c1-18(2)11-3-9-17-14(19)8-10-16-13-6-4-12(15)5-7-13/h4-7,16H,3,8-11H2,1-2H3,(H,17,19). The van der Waals surface area contributed by atoms with E-state index in [1.807, 2.05) is 38.4 Å². The Morgan fingerprint density at radius 2 is 1.89 bits per heavy atom. The van der Waals surface area contributed by atoms with Gasteiger partial charge in [0.25, 0.3) is 0 Å². The van der Waals surface area contributed by atoms with Crippen LogP contribution < -0.4 is 10.6 Å². The first-order chi connectivity index (χ1) is 9.08. The summed E-state index contributed by atoms with van der Waals surface area (Å²) >= 11 is 3.39. The minimum Gasteiger partial charge on any atom is -0.385 e. The summed E-state index contributed by atoms with van der Waals surface area (Å²) < 4.78 is 1.05.